The molecule has 0 amide bonds. The predicted octanol–water partition coefficient (Wildman–Crippen LogP) is 6.33. The fourth-order valence-electron chi connectivity index (χ4n) is 2.40. The molecule has 3 rings (SSSR count). The van der Waals surface area contributed by atoms with Gasteiger partial charge in [0.2, 0.25) is 0 Å². The van der Waals surface area contributed by atoms with Gasteiger partial charge in [0.15, 0.2) is 11.5 Å². The summed E-state index contributed by atoms with van der Waals surface area (Å²) in [5.74, 6) is 1.04. The topological polar surface area (TPSA) is 30.8 Å². The first-order valence-corrected chi connectivity index (χ1v) is 8.75. The SMILES string of the molecule is COc1cc(C=Nc2ccccc2)cc(Cl)c1OCc1cccc(Cl)c1. The smallest absolute Gasteiger partial charge is 0.180 e. The Morgan fingerprint density at radius 1 is 0.962 bits per heavy atom. The number of benzene rings is 3. The Morgan fingerprint density at radius 2 is 1.77 bits per heavy atom. The molecule has 0 fully saturated rings. The molecule has 0 heterocycles. The molecule has 0 aromatic heterocycles. The standard InChI is InChI=1S/C21H17Cl2NO2/c1-25-20-12-16(13-24-18-8-3-2-4-9-18)11-19(23)21(20)26-14-15-6-5-7-17(22)10-15/h2-13H,14H2,1H3. The maximum Gasteiger partial charge on any atom is 0.180 e. The summed E-state index contributed by atoms with van der Waals surface area (Å²) < 4.78 is 11.3. The minimum atomic E-state index is 0.341. The second kappa shape index (κ2) is 8.75. The van der Waals surface area contributed by atoms with Gasteiger partial charge in [0, 0.05) is 11.2 Å². The van der Waals surface area contributed by atoms with E-state index in [2.05, 4.69) is 4.99 Å². The molecule has 132 valence electrons. The molecule has 0 saturated heterocycles. The summed E-state index contributed by atoms with van der Waals surface area (Å²) in [6.45, 7) is 0.341. The molecule has 0 aliphatic rings. The largest absolute Gasteiger partial charge is 0.493 e. The van der Waals surface area contributed by atoms with Crippen molar-refractivity contribution >= 4 is 35.1 Å². The van der Waals surface area contributed by atoms with Crippen LogP contribution in [0.2, 0.25) is 10.0 Å². The number of para-hydroxylation sites is 1. The van der Waals surface area contributed by atoms with Crippen LogP contribution in [0.15, 0.2) is 71.7 Å². The number of halogens is 2. The van der Waals surface area contributed by atoms with Crippen molar-refractivity contribution in [3.8, 4) is 11.5 Å². The molecule has 0 unspecified atom stereocenters. The monoisotopic (exact) mass is 385 g/mol. The van der Waals surface area contributed by atoms with Crippen LogP contribution in [0.4, 0.5) is 5.69 Å². The summed E-state index contributed by atoms with van der Waals surface area (Å²) in [6.07, 6.45) is 1.74. The molecule has 0 N–H and O–H groups in total. The van der Waals surface area contributed by atoms with E-state index in [-0.39, 0.29) is 0 Å². The van der Waals surface area contributed by atoms with E-state index < -0.39 is 0 Å². The number of nitrogens with zero attached hydrogens (tertiary/aromatic N) is 1. The molecular weight excluding hydrogens is 369 g/mol. The molecular formula is C21H17Cl2NO2. The van der Waals surface area contributed by atoms with E-state index in [1.165, 1.54) is 0 Å². The Bertz CT molecular complexity index is 911. The number of aliphatic imine (C=N–C) groups is 1. The van der Waals surface area contributed by atoms with Gasteiger partial charge in [0.25, 0.3) is 0 Å². The average molecular weight is 386 g/mol. The number of ether oxygens (including phenoxy) is 2. The fourth-order valence-corrected chi connectivity index (χ4v) is 2.89. The second-order valence-electron chi connectivity index (χ2n) is 5.55. The fraction of sp³-hybridized carbons (Fsp3) is 0.0952. The van der Waals surface area contributed by atoms with Crippen molar-refractivity contribution in [1.82, 2.24) is 0 Å². The van der Waals surface area contributed by atoms with Crippen LogP contribution in [0.3, 0.4) is 0 Å². The zero-order chi connectivity index (χ0) is 18.4. The highest BCUT2D eigenvalue weighted by Crippen LogP contribution is 2.36. The molecule has 0 aliphatic heterocycles. The van der Waals surface area contributed by atoms with E-state index in [0.29, 0.717) is 28.2 Å². The minimum absolute atomic E-state index is 0.341. The zero-order valence-electron chi connectivity index (χ0n) is 14.2. The summed E-state index contributed by atoms with van der Waals surface area (Å²) in [5, 5.41) is 1.12. The number of hydrogen-bond donors (Lipinski definition) is 0. The summed E-state index contributed by atoms with van der Waals surface area (Å²) in [4.78, 5) is 4.43. The van der Waals surface area contributed by atoms with E-state index in [9.17, 15) is 0 Å². The summed E-state index contributed by atoms with van der Waals surface area (Å²) >= 11 is 12.4. The molecule has 3 nitrogen and oxygen atoms in total. The Balaban J connectivity index is 1.79. The lowest BCUT2D eigenvalue weighted by atomic mass is 10.2. The third-order valence-electron chi connectivity index (χ3n) is 3.64. The Kier molecular flexibility index (Phi) is 6.16. The van der Waals surface area contributed by atoms with Crippen molar-refractivity contribution in [2.75, 3.05) is 7.11 Å². The summed E-state index contributed by atoms with van der Waals surface area (Å²) in [6, 6.07) is 20.8. The lowest BCUT2D eigenvalue weighted by Gasteiger charge is -2.13. The molecule has 0 saturated carbocycles. The summed E-state index contributed by atoms with van der Waals surface area (Å²) in [7, 11) is 1.58. The van der Waals surface area contributed by atoms with E-state index in [0.717, 1.165) is 16.8 Å². The Labute approximate surface area is 162 Å². The van der Waals surface area contributed by atoms with Gasteiger partial charge in [-0.05, 0) is 47.5 Å². The van der Waals surface area contributed by atoms with Gasteiger partial charge in [0.05, 0.1) is 17.8 Å². The van der Waals surface area contributed by atoms with Crippen LogP contribution >= 0.6 is 23.2 Å². The highest BCUT2D eigenvalue weighted by atomic mass is 35.5. The van der Waals surface area contributed by atoms with Gasteiger partial charge in [-0.3, -0.25) is 4.99 Å². The van der Waals surface area contributed by atoms with Crippen molar-refractivity contribution in [1.29, 1.82) is 0 Å². The van der Waals surface area contributed by atoms with E-state index in [4.69, 9.17) is 32.7 Å². The quantitative estimate of drug-likeness (QED) is 0.464. The highest BCUT2D eigenvalue weighted by molar-refractivity contribution is 6.32. The Hall–Kier alpha value is -2.49. The normalized spacial score (nSPS) is 10.9. The van der Waals surface area contributed by atoms with Crippen LogP contribution in [-0.4, -0.2) is 13.3 Å². The zero-order valence-corrected chi connectivity index (χ0v) is 15.7. The molecule has 0 atom stereocenters. The first kappa shape index (κ1) is 18.3. The van der Waals surface area contributed by atoms with Crippen LogP contribution < -0.4 is 9.47 Å². The van der Waals surface area contributed by atoms with Crippen LogP contribution in [0.25, 0.3) is 0 Å². The molecule has 0 spiro atoms. The lowest BCUT2D eigenvalue weighted by Crippen LogP contribution is -1.99. The van der Waals surface area contributed by atoms with Gasteiger partial charge in [-0.15, -0.1) is 0 Å². The number of hydrogen-bond acceptors (Lipinski definition) is 3. The van der Waals surface area contributed by atoms with E-state index in [1.54, 1.807) is 19.4 Å². The van der Waals surface area contributed by atoms with Crippen molar-refractivity contribution in [2.24, 2.45) is 4.99 Å². The second-order valence-corrected chi connectivity index (χ2v) is 6.39. The minimum Gasteiger partial charge on any atom is -0.493 e. The van der Waals surface area contributed by atoms with Gasteiger partial charge in [0.1, 0.15) is 6.61 Å². The third-order valence-corrected chi connectivity index (χ3v) is 4.16. The first-order valence-electron chi connectivity index (χ1n) is 7.99. The first-order chi connectivity index (χ1) is 12.7. The molecule has 26 heavy (non-hydrogen) atoms. The van der Waals surface area contributed by atoms with E-state index >= 15 is 0 Å². The molecule has 0 radical (unpaired) electrons. The maximum atomic E-state index is 6.40. The molecule has 5 heteroatoms. The van der Waals surface area contributed by atoms with Gasteiger partial charge in [-0.25, -0.2) is 0 Å². The number of rotatable bonds is 6. The Morgan fingerprint density at radius 3 is 2.50 bits per heavy atom. The molecule has 0 bridgehead atoms. The number of methoxy groups -OCH3 is 1. The van der Waals surface area contributed by atoms with Gasteiger partial charge in [-0.1, -0.05) is 53.5 Å². The van der Waals surface area contributed by atoms with Crippen LogP contribution in [0, 0.1) is 0 Å². The van der Waals surface area contributed by atoms with Gasteiger partial charge in [-0.2, -0.15) is 0 Å². The molecule has 3 aromatic rings. The van der Waals surface area contributed by atoms with Crippen LogP contribution in [0.5, 0.6) is 11.5 Å². The highest BCUT2D eigenvalue weighted by Gasteiger charge is 2.12. The van der Waals surface area contributed by atoms with Crippen molar-refractivity contribution < 1.29 is 9.47 Å². The molecule has 3 aromatic carbocycles. The van der Waals surface area contributed by atoms with Crippen molar-refractivity contribution in [3.63, 3.8) is 0 Å². The van der Waals surface area contributed by atoms with Crippen molar-refractivity contribution in [3.05, 3.63) is 87.9 Å². The predicted molar refractivity (Wildman–Crippen MR) is 107 cm³/mol. The van der Waals surface area contributed by atoms with Gasteiger partial charge >= 0.3 is 0 Å². The molecule has 0 aliphatic carbocycles. The average Bonchev–Trinajstić information content (AvgIpc) is 2.66. The lowest BCUT2D eigenvalue weighted by molar-refractivity contribution is 0.284. The van der Waals surface area contributed by atoms with Crippen molar-refractivity contribution in [2.45, 2.75) is 6.61 Å². The van der Waals surface area contributed by atoms with Gasteiger partial charge < -0.3 is 9.47 Å². The van der Waals surface area contributed by atoms with E-state index in [1.807, 2.05) is 60.7 Å². The maximum absolute atomic E-state index is 6.40. The summed E-state index contributed by atoms with van der Waals surface area (Å²) in [5.41, 5.74) is 2.64. The van der Waals surface area contributed by atoms with Crippen LogP contribution in [-0.2, 0) is 6.61 Å². The van der Waals surface area contributed by atoms with Crippen LogP contribution in [0.1, 0.15) is 11.1 Å². The third kappa shape index (κ3) is 4.78.